The Hall–Kier alpha value is -0.610. The standard InChI is InChI=1S/C9H15NO3/c11-9(12)3-4-10(7-1-2-7)8-5-13-6-8/h7-8H,1-6H2,(H,11,12). The van der Waals surface area contributed by atoms with Gasteiger partial charge in [0, 0.05) is 12.6 Å². The summed E-state index contributed by atoms with van der Waals surface area (Å²) in [6.07, 6.45) is 2.72. The van der Waals surface area contributed by atoms with E-state index in [4.69, 9.17) is 9.84 Å². The predicted molar refractivity (Wildman–Crippen MR) is 46.6 cm³/mol. The molecule has 0 atom stereocenters. The number of hydrogen-bond donors (Lipinski definition) is 1. The molecule has 4 heteroatoms. The Morgan fingerprint density at radius 3 is 2.46 bits per heavy atom. The maximum absolute atomic E-state index is 10.4. The van der Waals surface area contributed by atoms with Crippen LogP contribution in [0.25, 0.3) is 0 Å². The van der Waals surface area contributed by atoms with Crippen LogP contribution in [0.5, 0.6) is 0 Å². The van der Waals surface area contributed by atoms with Gasteiger partial charge in [-0.05, 0) is 12.8 Å². The zero-order chi connectivity index (χ0) is 9.26. The van der Waals surface area contributed by atoms with Gasteiger partial charge in [-0.25, -0.2) is 0 Å². The number of hydrogen-bond acceptors (Lipinski definition) is 3. The average molecular weight is 185 g/mol. The second kappa shape index (κ2) is 3.64. The highest BCUT2D eigenvalue weighted by Crippen LogP contribution is 2.30. The van der Waals surface area contributed by atoms with E-state index in [2.05, 4.69) is 4.90 Å². The molecule has 0 aromatic carbocycles. The van der Waals surface area contributed by atoms with Crippen LogP contribution in [0.15, 0.2) is 0 Å². The molecule has 0 spiro atoms. The van der Waals surface area contributed by atoms with E-state index in [1.807, 2.05) is 0 Å². The Morgan fingerprint density at radius 1 is 1.38 bits per heavy atom. The van der Waals surface area contributed by atoms with Crippen LogP contribution in [-0.4, -0.2) is 47.8 Å². The first-order valence-corrected chi connectivity index (χ1v) is 4.82. The third kappa shape index (κ3) is 2.19. The molecule has 0 amide bonds. The Balaban J connectivity index is 1.78. The van der Waals surface area contributed by atoms with Crippen LogP contribution in [0, 0.1) is 0 Å². The normalized spacial score (nSPS) is 23.2. The van der Waals surface area contributed by atoms with Gasteiger partial charge in [0.15, 0.2) is 0 Å². The van der Waals surface area contributed by atoms with Gasteiger partial charge in [0.2, 0.25) is 0 Å². The van der Waals surface area contributed by atoms with E-state index in [0.717, 1.165) is 13.2 Å². The highest BCUT2D eigenvalue weighted by molar-refractivity contribution is 5.66. The van der Waals surface area contributed by atoms with E-state index in [1.165, 1.54) is 12.8 Å². The lowest BCUT2D eigenvalue weighted by Crippen LogP contribution is -2.50. The van der Waals surface area contributed by atoms with Crippen molar-refractivity contribution in [3.63, 3.8) is 0 Å². The van der Waals surface area contributed by atoms with Gasteiger partial charge in [-0.15, -0.1) is 0 Å². The van der Waals surface area contributed by atoms with Crippen LogP contribution < -0.4 is 0 Å². The SMILES string of the molecule is O=C(O)CCN(C1CC1)C1COC1. The summed E-state index contributed by atoms with van der Waals surface area (Å²) in [5.74, 6) is -0.703. The fourth-order valence-electron chi connectivity index (χ4n) is 1.71. The van der Waals surface area contributed by atoms with Gasteiger partial charge in [-0.2, -0.15) is 0 Å². The third-order valence-electron chi connectivity index (χ3n) is 2.69. The largest absolute Gasteiger partial charge is 0.481 e. The Morgan fingerprint density at radius 2 is 2.08 bits per heavy atom. The highest BCUT2D eigenvalue weighted by atomic mass is 16.5. The number of carboxylic acids is 1. The minimum atomic E-state index is -0.703. The Labute approximate surface area is 77.5 Å². The molecule has 74 valence electrons. The van der Waals surface area contributed by atoms with Crippen LogP contribution in [0.2, 0.25) is 0 Å². The molecular formula is C9H15NO3. The van der Waals surface area contributed by atoms with Gasteiger partial charge >= 0.3 is 5.97 Å². The second-order valence-corrected chi connectivity index (χ2v) is 3.80. The van der Waals surface area contributed by atoms with Crippen molar-refractivity contribution >= 4 is 5.97 Å². The maximum Gasteiger partial charge on any atom is 0.304 e. The maximum atomic E-state index is 10.4. The molecule has 1 aliphatic heterocycles. The van der Waals surface area contributed by atoms with Crippen molar-refractivity contribution in [1.82, 2.24) is 4.90 Å². The fourth-order valence-corrected chi connectivity index (χ4v) is 1.71. The summed E-state index contributed by atoms with van der Waals surface area (Å²) in [5.41, 5.74) is 0. The van der Waals surface area contributed by atoms with Gasteiger partial charge in [0.1, 0.15) is 0 Å². The summed E-state index contributed by atoms with van der Waals surface area (Å²) in [4.78, 5) is 12.7. The molecule has 0 radical (unpaired) electrons. The molecular weight excluding hydrogens is 170 g/mol. The first-order chi connectivity index (χ1) is 6.27. The van der Waals surface area contributed by atoms with Gasteiger partial charge in [-0.3, -0.25) is 9.69 Å². The summed E-state index contributed by atoms with van der Waals surface area (Å²) < 4.78 is 5.11. The lowest BCUT2D eigenvalue weighted by molar-refractivity contribution is -0.138. The minimum Gasteiger partial charge on any atom is -0.481 e. The van der Waals surface area contributed by atoms with Gasteiger partial charge < -0.3 is 9.84 Å². The molecule has 2 aliphatic rings. The first-order valence-electron chi connectivity index (χ1n) is 4.82. The van der Waals surface area contributed by atoms with Gasteiger partial charge in [-0.1, -0.05) is 0 Å². The van der Waals surface area contributed by atoms with Crippen molar-refractivity contribution in [2.24, 2.45) is 0 Å². The van der Waals surface area contributed by atoms with Gasteiger partial charge in [0.05, 0.1) is 25.7 Å². The van der Waals surface area contributed by atoms with Crippen molar-refractivity contribution in [3.8, 4) is 0 Å². The molecule has 1 heterocycles. The summed E-state index contributed by atoms with van der Waals surface area (Å²) in [6.45, 7) is 2.26. The number of ether oxygens (including phenoxy) is 1. The monoisotopic (exact) mass is 185 g/mol. The molecule has 0 aromatic rings. The van der Waals surface area contributed by atoms with E-state index < -0.39 is 5.97 Å². The second-order valence-electron chi connectivity index (χ2n) is 3.80. The highest BCUT2D eigenvalue weighted by Gasteiger charge is 2.36. The van der Waals surface area contributed by atoms with Crippen LogP contribution >= 0.6 is 0 Å². The molecule has 2 rings (SSSR count). The summed E-state index contributed by atoms with van der Waals surface area (Å²) in [7, 11) is 0. The predicted octanol–water partition coefficient (Wildman–Crippen LogP) is 0.324. The van der Waals surface area contributed by atoms with E-state index in [-0.39, 0.29) is 6.42 Å². The Bertz CT molecular complexity index is 199. The fraction of sp³-hybridized carbons (Fsp3) is 0.889. The topological polar surface area (TPSA) is 49.8 Å². The molecule has 4 nitrogen and oxygen atoms in total. The average Bonchev–Trinajstić information content (AvgIpc) is 2.75. The lowest BCUT2D eigenvalue weighted by atomic mass is 10.2. The number of carboxylic acid groups (broad SMARTS) is 1. The van der Waals surface area contributed by atoms with Crippen LogP contribution in [-0.2, 0) is 9.53 Å². The van der Waals surface area contributed by atoms with E-state index in [0.29, 0.717) is 18.6 Å². The quantitative estimate of drug-likeness (QED) is 0.670. The zero-order valence-electron chi connectivity index (χ0n) is 7.61. The number of nitrogens with zero attached hydrogens (tertiary/aromatic N) is 1. The molecule has 1 saturated heterocycles. The van der Waals surface area contributed by atoms with Gasteiger partial charge in [0.25, 0.3) is 0 Å². The first kappa shape index (κ1) is 8.97. The summed E-state index contributed by atoms with van der Waals surface area (Å²) in [5, 5.41) is 8.58. The van der Waals surface area contributed by atoms with Crippen molar-refractivity contribution in [1.29, 1.82) is 0 Å². The molecule has 1 N–H and O–H groups in total. The van der Waals surface area contributed by atoms with Crippen LogP contribution in [0.1, 0.15) is 19.3 Å². The molecule has 1 aliphatic carbocycles. The molecule has 0 bridgehead atoms. The molecule has 13 heavy (non-hydrogen) atoms. The van der Waals surface area contributed by atoms with Crippen molar-refractivity contribution < 1.29 is 14.6 Å². The summed E-state index contributed by atoms with van der Waals surface area (Å²) in [6, 6.07) is 1.14. The molecule has 0 unspecified atom stereocenters. The van der Waals surface area contributed by atoms with E-state index >= 15 is 0 Å². The number of rotatable bonds is 5. The van der Waals surface area contributed by atoms with Crippen molar-refractivity contribution in [2.45, 2.75) is 31.3 Å². The Kier molecular flexibility index (Phi) is 2.51. The molecule has 1 saturated carbocycles. The van der Waals surface area contributed by atoms with Crippen LogP contribution in [0.4, 0.5) is 0 Å². The number of aliphatic carboxylic acids is 1. The molecule has 2 fully saturated rings. The van der Waals surface area contributed by atoms with E-state index in [9.17, 15) is 4.79 Å². The third-order valence-corrected chi connectivity index (χ3v) is 2.69. The minimum absolute atomic E-state index is 0.257. The van der Waals surface area contributed by atoms with E-state index in [1.54, 1.807) is 0 Å². The van der Waals surface area contributed by atoms with Crippen molar-refractivity contribution in [2.75, 3.05) is 19.8 Å². The lowest BCUT2D eigenvalue weighted by Gasteiger charge is -2.37. The summed E-state index contributed by atoms with van der Waals surface area (Å²) >= 11 is 0. The van der Waals surface area contributed by atoms with Crippen molar-refractivity contribution in [3.05, 3.63) is 0 Å². The molecule has 0 aromatic heterocycles. The smallest absolute Gasteiger partial charge is 0.304 e. The zero-order valence-corrected chi connectivity index (χ0v) is 7.61. The van der Waals surface area contributed by atoms with Crippen LogP contribution in [0.3, 0.4) is 0 Å². The number of carbonyl (C=O) groups is 1.